The molecule has 1 unspecified atom stereocenters. The van der Waals surface area contributed by atoms with Crippen molar-refractivity contribution in [3.8, 4) is 0 Å². The molecule has 0 saturated carbocycles. The lowest BCUT2D eigenvalue weighted by molar-refractivity contribution is 0.542. The Balaban J connectivity index is 2.92. The minimum absolute atomic E-state index is 0.975. The van der Waals surface area contributed by atoms with Gasteiger partial charge in [0.1, 0.15) is 0 Å². The molecule has 0 aromatic heterocycles. The Kier molecular flexibility index (Phi) is 15.5. The molecule has 0 saturated heterocycles. The van der Waals surface area contributed by atoms with Gasteiger partial charge in [-0.05, 0) is 19.2 Å². The van der Waals surface area contributed by atoms with Crippen LogP contribution in [0, 0.1) is 0 Å². The van der Waals surface area contributed by atoms with Gasteiger partial charge in [0.25, 0.3) is 0 Å². The zero-order valence-corrected chi connectivity index (χ0v) is 13.8. The van der Waals surface area contributed by atoms with Crippen LogP contribution in [0.5, 0.6) is 0 Å². The average molecular weight is 274 g/mol. The minimum Gasteiger partial charge on any atom is -0.327 e. The van der Waals surface area contributed by atoms with Gasteiger partial charge in [-0.1, -0.05) is 84.0 Å². The van der Waals surface area contributed by atoms with Crippen molar-refractivity contribution in [3.63, 3.8) is 0 Å². The lowest BCUT2D eigenvalue weighted by atomic mass is 10.1. The topological polar surface area (TPSA) is 17.1 Å². The van der Waals surface area contributed by atoms with Crippen LogP contribution in [-0.4, -0.2) is 12.8 Å². The molecular formula is C16H35OP. The van der Waals surface area contributed by atoms with Crippen molar-refractivity contribution in [2.45, 2.75) is 90.4 Å². The van der Waals surface area contributed by atoms with E-state index in [4.69, 9.17) is 0 Å². The molecule has 1 nitrogen and oxygen atoms in total. The van der Waals surface area contributed by atoms with Crippen molar-refractivity contribution in [3.05, 3.63) is 0 Å². The van der Waals surface area contributed by atoms with Gasteiger partial charge in [-0.15, -0.1) is 0 Å². The quantitative estimate of drug-likeness (QED) is 0.269. The molecule has 0 rings (SSSR count). The molecule has 0 spiro atoms. The summed E-state index contributed by atoms with van der Waals surface area (Å²) in [6.07, 6.45) is 19.0. The van der Waals surface area contributed by atoms with Crippen LogP contribution >= 0.6 is 7.80 Å². The van der Waals surface area contributed by atoms with Gasteiger partial charge in [-0.2, -0.15) is 0 Å². The Morgan fingerprint density at radius 1 is 0.611 bits per heavy atom. The maximum atomic E-state index is 10.9. The molecule has 0 heterocycles. The van der Waals surface area contributed by atoms with Gasteiger partial charge in [0.15, 0.2) is 0 Å². The van der Waals surface area contributed by atoms with Crippen LogP contribution in [-0.2, 0) is 4.57 Å². The van der Waals surface area contributed by atoms with Crippen LogP contribution in [0.15, 0.2) is 0 Å². The zero-order chi connectivity index (χ0) is 13.5. The first-order valence-electron chi connectivity index (χ1n) is 8.26. The maximum Gasteiger partial charge on any atom is 0.0732 e. The van der Waals surface area contributed by atoms with Crippen LogP contribution < -0.4 is 0 Å². The van der Waals surface area contributed by atoms with E-state index in [0.717, 1.165) is 6.16 Å². The lowest BCUT2D eigenvalue weighted by Gasteiger charge is -2.02. The Bertz CT molecular complexity index is 180. The van der Waals surface area contributed by atoms with E-state index in [1.807, 2.05) is 6.66 Å². The standard InChI is InChI=1S/C16H35OP/c1-3-4-5-6-7-8-9-10-11-12-13-14-15-16-18(2)17/h18H,3-16H2,1-2H3. The highest BCUT2D eigenvalue weighted by Gasteiger charge is 1.94. The van der Waals surface area contributed by atoms with Gasteiger partial charge in [0.05, 0.1) is 7.80 Å². The predicted molar refractivity (Wildman–Crippen MR) is 85.5 cm³/mol. The van der Waals surface area contributed by atoms with Crippen LogP contribution in [0.2, 0.25) is 0 Å². The van der Waals surface area contributed by atoms with E-state index >= 15 is 0 Å². The first-order valence-corrected chi connectivity index (χ1v) is 10.4. The molecule has 0 bridgehead atoms. The van der Waals surface area contributed by atoms with E-state index < -0.39 is 7.80 Å². The summed E-state index contributed by atoms with van der Waals surface area (Å²) in [5, 5.41) is 0. The van der Waals surface area contributed by atoms with Crippen LogP contribution in [0.3, 0.4) is 0 Å². The SMILES string of the molecule is CCCCCCCCCCCCCCC[PH](C)=O. The molecule has 0 fully saturated rings. The Hall–Kier alpha value is 0.230. The van der Waals surface area contributed by atoms with Crippen molar-refractivity contribution in [2.24, 2.45) is 0 Å². The summed E-state index contributed by atoms with van der Waals surface area (Å²) in [6, 6.07) is 0. The molecule has 0 radical (unpaired) electrons. The fourth-order valence-corrected chi connectivity index (χ4v) is 3.14. The van der Waals surface area contributed by atoms with Crippen LogP contribution in [0.1, 0.15) is 90.4 Å². The summed E-state index contributed by atoms with van der Waals surface area (Å²) in [4.78, 5) is 0. The van der Waals surface area contributed by atoms with E-state index in [9.17, 15) is 4.57 Å². The molecule has 110 valence electrons. The lowest BCUT2D eigenvalue weighted by Crippen LogP contribution is -1.84. The minimum atomic E-state index is -1.20. The Morgan fingerprint density at radius 2 is 0.944 bits per heavy atom. The van der Waals surface area contributed by atoms with Gasteiger partial charge in [0, 0.05) is 0 Å². The summed E-state index contributed by atoms with van der Waals surface area (Å²) < 4.78 is 10.9. The third-order valence-corrected chi connectivity index (χ3v) is 4.69. The van der Waals surface area contributed by atoms with Gasteiger partial charge < -0.3 is 4.57 Å². The van der Waals surface area contributed by atoms with Crippen LogP contribution in [0.25, 0.3) is 0 Å². The Morgan fingerprint density at radius 3 is 1.28 bits per heavy atom. The summed E-state index contributed by atoms with van der Waals surface area (Å²) in [5.41, 5.74) is 0. The summed E-state index contributed by atoms with van der Waals surface area (Å²) in [5.74, 6) is 0. The largest absolute Gasteiger partial charge is 0.327 e. The van der Waals surface area contributed by atoms with E-state index in [1.165, 1.54) is 83.5 Å². The fraction of sp³-hybridized carbons (Fsp3) is 1.00. The maximum absolute atomic E-state index is 10.9. The predicted octanol–water partition coefficient (Wildman–Crippen LogP) is 6.27. The summed E-state index contributed by atoms with van der Waals surface area (Å²) in [7, 11) is -1.20. The van der Waals surface area contributed by atoms with Gasteiger partial charge in [0.2, 0.25) is 0 Å². The molecule has 0 aliphatic heterocycles. The third-order valence-electron chi connectivity index (χ3n) is 3.63. The first kappa shape index (κ1) is 18.2. The van der Waals surface area contributed by atoms with E-state index in [2.05, 4.69) is 6.92 Å². The molecule has 0 aliphatic rings. The van der Waals surface area contributed by atoms with Crippen LogP contribution in [0.4, 0.5) is 0 Å². The first-order chi connectivity index (χ1) is 8.77. The van der Waals surface area contributed by atoms with E-state index in [-0.39, 0.29) is 0 Å². The van der Waals surface area contributed by atoms with Gasteiger partial charge in [-0.3, -0.25) is 0 Å². The molecule has 2 heteroatoms. The molecule has 0 amide bonds. The van der Waals surface area contributed by atoms with Gasteiger partial charge in [-0.25, -0.2) is 0 Å². The smallest absolute Gasteiger partial charge is 0.0732 e. The van der Waals surface area contributed by atoms with Gasteiger partial charge >= 0.3 is 0 Å². The van der Waals surface area contributed by atoms with Crippen molar-refractivity contribution in [1.82, 2.24) is 0 Å². The van der Waals surface area contributed by atoms with Crippen molar-refractivity contribution in [1.29, 1.82) is 0 Å². The number of hydrogen-bond donors (Lipinski definition) is 0. The Labute approximate surface area is 116 Å². The number of unbranched alkanes of at least 4 members (excludes halogenated alkanes) is 12. The van der Waals surface area contributed by atoms with Crippen molar-refractivity contribution < 1.29 is 4.57 Å². The van der Waals surface area contributed by atoms with E-state index in [1.54, 1.807) is 0 Å². The highest BCUT2D eigenvalue weighted by Crippen LogP contribution is 2.17. The monoisotopic (exact) mass is 274 g/mol. The van der Waals surface area contributed by atoms with E-state index in [0.29, 0.717) is 0 Å². The highest BCUT2D eigenvalue weighted by molar-refractivity contribution is 7.43. The molecule has 1 atom stereocenters. The molecule has 0 N–H and O–H groups in total. The van der Waals surface area contributed by atoms with Crippen molar-refractivity contribution >= 4 is 7.80 Å². The zero-order valence-electron chi connectivity index (χ0n) is 12.8. The second kappa shape index (κ2) is 15.3. The molecule has 18 heavy (non-hydrogen) atoms. The second-order valence-corrected chi connectivity index (χ2v) is 7.60. The normalized spacial score (nSPS) is 12.8. The van der Waals surface area contributed by atoms with Crippen molar-refractivity contribution in [2.75, 3.05) is 12.8 Å². The number of rotatable bonds is 14. The average Bonchev–Trinajstić information content (AvgIpc) is 2.34. The summed E-state index contributed by atoms with van der Waals surface area (Å²) >= 11 is 0. The molecular weight excluding hydrogens is 239 g/mol. The second-order valence-electron chi connectivity index (χ2n) is 5.69. The molecule has 0 aromatic carbocycles. The third kappa shape index (κ3) is 16.2. The molecule has 0 aliphatic carbocycles. The fourth-order valence-electron chi connectivity index (χ4n) is 2.39. The molecule has 0 aromatic rings. The highest BCUT2D eigenvalue weighted by atomic mass is 31.1. The summed E-state index contributed by atoms with van der Waals surface area (Å²) in [6.45, 7) is 4.16. The number of hydrogen-bond acceptors (Lipinski definition) is 1.